The van der Waals surface area contributed by atoms with Gasteiger partial charge in [-0.15, -0.1) is 0 Å². The maximum Gasteiger partial charge on any atom is 0.418 e. The molecule has 3 rings (SSSR count). The first-order valence-corrected chi connectivity index (χ1v) is 6.96. The second-order valence-electron chi connectivity index (χ2n) is 5.87. The van der Waals surface area contributed by atoms with Crippen molar-refractivity contribution in [3.05, 3.63) is 22.9 Å². The number of pyridine rings is 1. The van der Waals surface area contributed by atoms with Crippen LogP contribution in [0.5, 0.6) is 5.88 Å². The Balaban J connectivity index is 2.08. The summed E-state index contributed by atoms with van der Waals surface area (Å²) in [5.41, 5.74) is -3.11. The van der Waals surface area contributed by atoms with Gasteiger partial charge in [0.1, 0.15) is 12.3 Å². The van der Waals surface area contributed by atoms with Gasteiger partial charge in [-0.25, -0.2) is 22.5 Å². The Morgan fingerprint density at radius 2 is 1.78 bits per heavy atom. The van der Waals surface area contributed by atoms with E-state index in [1.807, 2.05) is 0 Å². The van der Waals surface area contributed by atoms with Crippen LogP contribution in [0.15, 0.2) is 6.20 Å². The molecule has 0 amide bonds. The molecule has 0 aromatic carbocycles. The van der Waals surface area contributed by atoms with Crippen LogP contribution in [0, 0.1) is 0 Å². The van der Waals surface area contributed by atoms with Gasteiger partial charge >= 0.3 is 6.18 Å². The van der Waals surface area contributed by atoms with Gasteiger partial charge in [0, 0.05) is 25.0 Å². The molecule has 9 heteroatoms. The number of rotatable bonds is 2. The van der Waals surface area contributed by atoms with Crippen molar-refractivity contribution in [1.82, 2.24) is 4.98 Å². The average Bonchev–Trinajstić information content (AvgIpc) is 2.58. The van der Waals surface area contributed by atoms with Crippen LogP contribution in [0.1, 0.15) is 48.5 Å². The normalized spacial score (nSPS) is 32.3. The Labute approximate surface area is 126 Å². The molecule has 1 aromatic rings. The highest BCUT2D eigenvalue weighted by atomic mass is 19.4. The highest BCUT2D eigenvalue weighted by Gasteiger charge is 2.59. The molecule has 2 aliphatic rings. The number of ether oxygens (including phenoxy) is 1. The summed E-state index contributed by atoms with van der Waals surface area (Å²) >= 11 is 0. The van der Waals surface area contributed by atoms with Gasteiger partial charge in [0.15, 0.2) is 6.17 Å². The number of alkyl halides is 7. The number of halogens is 7. The molecule has 0 saturated heterocycles. The van der Waals surface area contributed by atoms with Gasteiger partial charge < -0.3 is 4.74 Å². The number of nitrogens with zero attached hydrogens (tertiary/aromatic N) is 1. The third kappa shape index (κ3) is 2.44. The summed E-state index contributed by atoms with van der Waals surface area (Å²) in [6, 6.07) is 0. The summed E-state index contributed by atoms with van der Waals surface area (Å²) in [5.74, 6) is -6.57. The zero-order chi connectivity index (χ0) is 17.2. The van der Waals surface area contributed by atoms with Gasteiger partial charge in [-0.1, -0.05) is 6.92 Å². The van der Waals surface area contributed by atoms with Crippen LogP contribution < -0.4 is 4.74 Å². The fraction of sp³-hybridized carbons (Fsp3) is 0.643. The maximum absolute atomic E-state index is 14.1. The SMILES string of the molecule is C[C@H]1c2c(C(F)(F)F)cnc(OC3CC(F)C3)c2[C@@H](F)C1(F)F. The van der Waals surface area contributed by atoms with Crippen LogP contribution in [0.25, 0.3) is 0 Å². The Bertz CT molecular complexity index is 624. The first-order valence-electron chi connectivity index (χ1n) is 6.96. The summed E-state index contributed by atoms with van der Waals surface area (Å²) in [6.45, 7) is 0.832. The van der Waals surface area contributed by atoms with E-state index in [0.29, 0.717) is 6.20 Å². The lowest BCUT2D eigenvalue weighted by Crippen LogP contribution is -2.35. The molecule has 2 nitrogen and oxygen atoms in total. The largest absolute Gasteiger partial charge is 0.474 e. The van der Waals surface area contributed by atoms with Crippen LogP contribution in [0.2, 0.25) is 0 Å². The van der Waals surface area contributed by atoms with E-state index in [1.54, 1.807) is 0 Å². The van der Waals surface area contributed by atoms with E-state index < -0.39 is 59.0 Å². The molecule has 23 heavy (non-hydrogen) atoms. The van der Waals surface area contributed by atoms with Gasteiger partial charge in [-0.3, -0.25) is 0 Å². The zero-order valence-corrected chi connectivity index (χ0v) is 11.8. The standard InChI is InChI=1S/C14H12F7NO/c1-5-9-8(14(19,20)21)4-22-12(23-7-2-6(15)3-7)10(9)11(16)13(5,17)18/h4-7,11H,2-3H2,1H3/t5-,6?,7?,11+/m0/s1. The molecule has 0 unspecified atom stereocenters. The Hall–Kier alpha value is -1.54. The third-order valence-corrected chi connectivity index (χ3v) is 4.34. The topological polar surface area (TPSA) is 22.1 Å². The van der Waals surface area contributed by atoms with Gasteiger partial charge in [0.25, 0.3) is 5.92 Å². The van der Waals surface area contributed by atoms with Crippen molar-refractivity contribution >= 4 is 0 Å². The Kier molecular flexibility index (Phi) is 3.53. The quantitative estimate of drug-likeness (QED) is 0.724. The maximum atomic E-state index is 14.1. The van der Waals surface area contributed by atoms with Crippen molar-refractivity contribution in [3.63, 3.8) is 0 Å². The second kappa shape index (κ2) is 4.98. The van der Waals surface area contributed by atoms with E-state index in [0.717, 1.165) is 6.92 Å². The van der Waals surface area contributed by atoms with Crippen LogP contribution in [-0.4, -0.2) is 23.2 Å². The molecule has 0 aliphatic heterocycles. The molecule has 2 aliphatic carbocycles. The van der Waals surface area contributed by atoms with Crippen molar-refractivity contribution in [2.75, 3.05) is 0 Å². The minimum atomic E-state index is -4.94. The van der Waals surface area contributed by atoms with Crippen LogP contribution in [0.4, 0.5) is 30.7 Å². The predicted octanol–water partition coefficient (Wildman–Crippen LogP) is 4.74. The van der Waals surface area contributed by atoms with Crippen molar-refractivity contribution in [2.24, 2.45) is 0 Å². The molecule has 0 bridgehead atoms. The Morgan fingerprint density at radius 1 is 1.17 bits per heavy atom. The molecule has 1 heterocycles. The number of aromatic nitrogens is 1. The first-order chi connectivity index (χ1) is 10.5. The van der Waals surface area contributed by atoms with E-state index in [9.17, 15) is 30.7 Å². The van der Waals surface area contributed by atoms with E-state index in [4.69, 9.17) is 4.74 Å². The van der Waals surface area contributed by atoms with E-state index in [2.05, 4.69) is 4.98 Å². The predicted molar refractivity (Wildman–Crippen MR) is 65.0 cm³/mol. The highest BCUT2D eigenvalue weighted by Crippen LogP contribution is 2.58. The van der Waals surface area contributed by atoms with Crippen molar-refractivity contribution in [1.29, 1.82) is 0 Å². The summed E-state index contributed by atoms with van der Waals surface area (Å²) in [7, 11) is 0. The minimum absolute atomic E-state index is 0.0274. The average molecular weight is 343 g/mol. The molecule has 2 atom stereocenters. The molecule has 0 spiro atoms. The lowest BCUT2D eigenvalue weighted by molar-refractivity contribution is -0.139. The van der Waals surface area contributed by atoms with Crippen molar-refractivity contribution in [2.45, 2.75) is 56.2 Å². The molecular weight excluding hydrogens is 331 g/mol. The minimum Gasteiger partial charge on any atom is -0.474 e. The molecule has 1 aromatic heterocycles. The summed E-state index contributed by atoms with van der Waals surface area (Å²) in [5, 5.41) is 0. The van der Waals surface area contributed by atoms with Gasteiger partial charge in [-0.05, 0) is 5.56 Å². The second-order valence-corrected chi connectivity index (χ2v) is 5.87. The van der Waals surface area contributed by atoms with E-state index >= 15 is 0 Å². The highest BCUT2D eigenvalue weighted by molar-refractivity contribution is 5.51. The van der Waals surface area contributed by atoms with E-state index in [1.165, 1.54) is 0 Å². The number of hydrogen-bond acceptors (Lipinski definition) is 2. The Morgan fingerprint density at radius 3 is 2.30 bits per heavy atom. The lowest BCUT2D eigenvalue weighted by Gasteiger charge is -2.30. The fourth-order valence-electron chi connectivity index (χ4n) is 2.91. The lowest BCUT2D eigenvalue weighted by atomic mass is 9.93. The van der Waals surface area contributed by atoms with Crippen LogP contribution in [-0.2, 0) is 6.18 Å². The number of fused-ring (bicyclic) bond motifs is 1. The summed E-state index contributed by atoms with van der Waals surface area (Å²) in [4.78, 5) is 3.38. The van der Waals surface area contributed by atoms with Gasteiger partial charge in [-0.2, -0.15) is 13.2 Å². The first kappa shape index (κ1) is 16.3. The molecule has 1 saturated carbocycles. The van der Waals surface area contributed by atoms with Crippen molar-refractivity contribution in [3.8, 4) is 5.88 Å². The molecule has 128 valence electrons. The van der Waals surface area contributed by atoms with Crippen LogP contribution >= 0.6 is 0 Å². The summed E-state index contributed by atoms with van der Waals surface area (Å²) < 4.78 is 98.9. The number of hydrogen-bond donors (Lipinski definition) is 0. The molecule has 1 fully saturated rings. The van der Waals surface area contributed by atoms with Crippen molar-refractivity contribution < 1.29 is 35.5 Å². The monoisotopic (exact) mass is 343 g/mol. The summed E-state index contributed by atoms with van der Waals surface area (Å²) in [6.07, 6.45) is -9.40. The van der Waals surface area contributed by atoms with Gasteiger partial charge in [0.2, 0.25) is 5.88 Å². The van der Waals surface area contributed by atoms with E-state index in [-0.39, 0.29) is 12.8 Å². The molecular formula is C14H12F7NO. The van der Waals surface area contributed by atoms with Crippen LogP contribution in [0.3, 0.4) is 0 Å². The molecule has 0 radical (unpaired) electrons. The molecule has 0 N–H and O–H groups in total. The van der Waals surface area contributed by atoms with Gasteiger partial charge in [0.05, 0.1) is 11.1 Å². The smallest absolute Gasteiger partial charge is 0.418 e. The fourth-order valence-corrected chi connectivity index (χ4v) is 2.91. The zero-order valence-electron chi connectivity index (χ0n) is 11.8. The third-order valence-electron chi connectivity index (χ3n) is 4.34.